The Kier molecular flexibility index (Phi) is 3.67. The predicted molar refractivity (Wildman–Crippen MR) is 86.9 cm³/mol. The molecule has 1 heterocycles. The predicted octanol–water partition coefficient (Wildman–Crippen LogP) is 2.89. The molecule has 1 nitrogen and oxygen atoms in total. The summed E-state index contributed by atoms with van der Waals surface area (Å²) in [6, 6.07) is 22.2. The Bertz CT molecular complexity index is 564. The summed E-state index contributed by atoms with van der Waals surface area (Å²) in [5, 5.41) is 2.64. The van der Waals surface area contributed by atoms with Crippen LogP contribution in [-0.4, -0.2) is 14.4 Å². The summed E-state index contributed by atoms with van der Waals surface area (Å²) in [7, 11) is -2.18. The summed E-state index contributed by atoms with van der Waals surface area (Å²) in [5.41, 5.74) is 0. The molecule has 0 amide bonds. The highest BCUT2D eigenvalue weighted by Crippen LogP contribution is 2.21. The van der Waals surface area contributed by atoms with E-state index in [-0.39, 0.29) is 6.10 Å². The van der Waals surface area contributed by atoms with Gasteiger partial charge in [-0.1, -0.05) is 78.9 Å². The van der Waals surface area contributed by atoms with Gasteiger partial charge in [-0.25, -0.2) is 0 Å². The Hall–Kier alpha value is -1.90. The molecule has 0 bridgehead atoms. The van der Waals surface area contributed by atoms with Crippen LogP contribution in [0.5, 0.6) is 0 Å². The van der Waals surface area contributed by atoms with E-state index in [1.54, 1.807) is 0 Å². The largest absolute Gasteiger partial charge is 0.398 e. The zero-order chi connectivity index (χ0) is 13.8. The first-order valence-corrected chi connectivity index (χ1v) is 9.05. The van der Waals surface area contributed by atoms with E-state index in [0.717, 1.165) is 6.04 Å². The lowest BCUT2D eigenvalue weighted by Crippen LogP contribution is -2.62. The molecule has 1 aliphatic rings. The highest BCUT2D eigenvalue weighted by Gasteiger charge is 2.41. The molecule has 3 rings (SSSR count). The summed E-state index contributed by atoms with van der Waals surface area (Å²) in [6.07, 6.45) is 6.24. The molecule has 0 saturated carbocycles. The maximum atomic E-state index is 6.53. The molecule has 0 aromatic heterocycles. The van der Waals surface area contributed by atoms with Gasteiger partial charge >= 0.3 is 0 Å². The van der Waals surface area contributed by atoms with Crippen molar-refractivity contribution in [1.82, 2.24) is 0 Å². The molecular weight excluding hydrogens is 260 g/mol. The highest BCUT2D eigenvalue weighted by atomic mass is 28.4. The quantitative estimate of drug-likeness (QED) is 0.619. The van der Waals surface area contributed by atoms with Gasteiger partial charge < -0.3 is 4.43 Å². The molecule has 100 valence electrons. The lowest BCUT2D eigenvalue weighted by atomic mass is 10.3. The Morgan fingerprint density at radius 1 is 0.950 bits per heavy atom. The molecular formula is C18H18OSi. The van der Waals surface area contributed by atoms with Crippen molar-refractivity contribution in [3.05, 3.63) is 85.5 Å². The van der Waals surface area contributed by atoms with Crippen molar-refractivity contribution < 1.29 is 4.43 Å². The van der Waals surface area contributed by atoms with Gasteiger partial charge in [0.05, 0.1) is 6.10 Å². The monoisotopic (exact) mass is 278 g/mol. The zero-order valence-electron chi connectivity index (χ0n) is 11.4. The van der Waals surface area contributed by atoms with Gasteiger partial charge in [0.15, 0.2) is 0 Å². The first kappa shape index (κ1) is 13.1. The first-order valence-electron chi connectivity index (χ1n) is 6.93. The second-order valence-electron chi connectivity index (χ2n) is 5.01. The van der Waals surface area contributed by atoms with Gasteiger partial charge in [-0.2, -0.15) is 0 Å². The van der Waals surface area contributed by atoms with Crippen molar-refractivity contribution in [3.63, 3.8) is 0 Å². The molecule has 1 unspecified atom stereocenters. The highest BCUT2D eigenvalue weighted by molar-refractivity contribution is 6.98. The van der Waals surface area contributed by atoms with Crippen molar-refractivity contribution in [2.75, 3.05) is 0 Å². The molecule has 2 aromatic rings. The van der Waals surface area contributed by atoms with Crippen LogP contribution in [0, 0.1) is 0 Å². The number of rotatable bonds is 3. The van der Waals surface area contributed by atoms with Crippen molar-refractivity contribution in [2.24, 2.45) is 0 Å². The minimum Gasteiger partial charge on any atom is -0.398 e. The van der Waals surface area contributed by atoms with Crippen molar-refractivity contribution >= 4 is 18.7 Å². The number of hydrogen-bond acceptors (Lipinski definition) is 1. The van der Waals surface area contributed by atoms with E-state index in [1.165, 1.54) is 10.4 Å². The number of benzene rings is 2. The molecule has 0 fully saturated rings. The Balaban J connectivity index is 2.14. The zero-order valence-corrected chi connectivity index (χ0v) is 12.4. The minimum absolute atomic E-state index is 0.0100. The van der Waals surface area contributed by atoms with Crippen molar-refractivity contribution in [3.8, 4) is 0 Å². The van der Waals surface area contributed by atoms with Gasteiger partial charge in [-0.3, -0.25) is 0 Å². The smallest absolute Gasteiger partial charge is 0.260 e. The fraction of sp³-hybridized carbons (Fsp3) is 0.111. The molecule has 0 aliphatic carbocycles. The maximum absolute atomic E-state index is 6.53. The fourth-order valence-corrected chi connectivity index (χ4v) is 6.51. The molecule has 2 aromatic carbocycles. The van der Waals surface area contributed by atoms with E-state index in [4.69, 9.17) is 4.43 Å². The SMILES string of the molecule is C=CC1C=CC[Si](c2ccccc2)(c2ccccc2)O1. The average molecular weight is 278 g/mol. The molecule has 2 heteroatoms. The van der Waals surface area contributed by atoms with Gasteiger partial charge in [0.1, 0.15) is 0 Å². The van der Waals surface area contributed by atoms with Crippen LogP contribution in [0.15, 0.2) is 85.5 Å². The lowest BCUT2D eigenvalue weighted by molar-refractivity contribution is 0.289. The van der Waals surface area contributed by atoms with E-state index in [2.05, 4.69) is 79.4 Å². The molecule has 0 N–H and O–H groups in total. The van der Waals surface area contributed by atoms with Gasteiger partial charge in [0, 0.05) is 0 Å². The third kappa shape index (κ3) is 2.28. The molecule has 20 heavy (non-hydrogen) atoms. The average Bonchev–Trinajstić information content (AvgIpc) is 2.56. The van der Waals surface area contributed by atoms with Gasteiger partial charge in [0.2, 0.25) is 0 Å². The standard InChI is InChI=1S/C18H18OSi/c1-2-16-10-9-15-20(19-16,17-11-5-3-6-12-17)18-13-7-4-8-14-18/h2-14,16H,1,15H2. The fourth-order valence-electron chi connectivity index (χ4n) is 2.77. The molecule has 1 aliphatic heterocycles. The van der Waals surface area contributed by atoms with Crippen molar-refractivity contribution in [2.45, 2.75) is 12.1 Å². The minimum atomic E-state index is -2.18. The Morgan fingerprint density at radius 2 is 1.50 bits per heavy atom. The molecule has 0 spiro atoms. The normalized spacial score (nSPS) is 20.5. The lowest BCUT2D eigenvalue weighted by Gasteiger charge is -2.36. The van der Waals surface area contributed by atoms with Gasteiger partial charge in [-0.05, 0) is 16.4 Å². The number of allylic oxidation sites excluding steroid dienone is 1. The second kappa shape index (κ2) is 5.61. The van der Waals surface area contributed by atoms with E-state index >= 15 is 0 Å². The van der Waals surface area contributed by atoms with Crippen LogP contribution in [0.1, 0.15) is 0 Å². The topological polar surface area (TPSA) is 9.23 Å². The van der Waals surface area contributed by atoms with E-state index < -0.39 is 8.32 Å². The second-order valence-corrected chi connectivity index (χ2v) is 8.46. The summed E-state index contributed by atoms with van der Waals surface area (Å²) in [5.74, 6) is 0. The Labute approximate surface area is 121 Å². The molecule has 0 radical (unpaired) electrons. The molecule has 0 saturated heterocycles. The van der Waals surface area contributed by atoms with Crippen LogP contribution in [0.25, 0.3) is 0 Å². The van der Waals surface area contributed by atoms with Crippen LogP contribution < -0.4 is 10.4 Å². The van der Waals surface area contributed by atoms with Gasteiger partial charge in [0.25, 0.3) is 8.32 Å². The molecule has 1 atom stereocenters. The summed E-state index contributed by atoms with van der Waals surface area (Å²) >= 11 is 0. The summed E-state index contributed by atoms with van der Waals surface area (Å²) in [4.78, 5) is 0. The summed E-state index contributed by atoms with van der Waals surface area (Å²) in [6.45, 7) is 3.88. The maximum Gasteiger partial charge on any atom is 0.260 e. The van der Waals surface area contributed by atoms with E-state index in [9.17, 15) is 0 Å². The first-order chi connectivity index (χ1) is 9.85. The van der Waals surface area contributed by atoms with Gasteiger partial charge in [-0.15, -0.1) is 6.58 Å². The third-order valence-electron chi connectivity index (χ3n) is 3.78. The van der Waals surface area contributed by atoms with E-state index in [0.29, 0.717) is 0 Å². The van der Waals surface area contributed by atoms with Crippen LogP contribution in [0.4, 0.5) is 0 Å². The van der Waals surface area contributed by atoms with Crippen molar-refractivity contribution in [1.29, 1.82) is 0 Å². The third-order valence-corrected chi connectivity index (χ3v) is 7.80. The Morgan fingerprint density at radius 3 is 2.00 bits per heavy atom. The summed E-state index contributed by atoms with van der Waals surface area (Å²) < 4.78 is 6.53. The van der Waals surface area contributed by atoms with Crippen LogP contribution >= 0.6 is 0 Å². The van der Waals surface area contributed by atoms with Crippen LogP contribution in [-0.2, 0) is 4.43 Å². The number of hydrogen-bond donors (Lipinski definition) is 0. The van der Waals surface area contributed by atoms with Crippen LogP contribution in [0.3, 0.4) is 0 Å². The van der Waals surface area contributed by atoms with Crippen LogP contribution in [0.2, 0.25) is 6.04 Å². The van der Waals surface area contributed by atoms with E-state index in [1.807, 2.05) is 6.08 Å².